The van der Waals surface area contributed by atoms with Crippen LogP contribution in [-0.4, -0.2) is 17.1 Å². The number of para-hydroxylation sites is 1. The summed E-state index contributed by atoms with van der Waals surface area (Å²) < 4.78 is 11.0. The molecule has 0 unspecified atom stereocenters. The van der Waals surface area contributed by atoms with E-state index in [-0.39, 0.29) is 6.61 Å². The Hall–Kier alpha value is -1.81. The maximum atomic E-state index is 5.88. The number of hydrogen-bond donors (Lipinski definition) is 0. The maximum Gasteiger partial charge on any atom is 0.166 e. The molecule has 0 saturated heterocycles. The zero-order chi connectivity index (χ0) is 12.8. The van der Waals surface area contributed by atoms with E-state index in [1.54, 1.807) is 25.6 Å². The van der Waals surface area contributed by atoms with Crippen molar-refractivity contribution in [3.05, 3.63) is 48.0 Å². The first-order valence-electron chi connectivity index (χ1n) is 5.45. The molecule has 0 amide bonds. The second kappa shape index (κ2) is 6.21. The summed E-state index contributed by atoms with van der Waals surface area (Å²) in [6, 6.07) is 7.37. The summed E-state index contributed by atoms with van der Waals surface area (Å²) in [4.78, 5) is 8.19. The van der Waals surface area contributed by atoms with Gasteiger partial charge in [-0.2, -0.15) is 0 Å². The average Bonchev–Trinajstić information content (AvgIpc) is 2.45. The third-order valence-electron chi connectivity index (χ3n) is 2.39. The standard InChI is InChI=1S/C13H13ClN2O2/c1-17-11-5-2-4-10(8-14)13(11)18-9-12-15-6-3-7-16-12/h2-7H,8-9H2,1H3. The molecule has 94 valence electrons. The molecular formula is C13H13ClN2O2. The van der Waals surface area contributed by atoms with Crippen molar-refractivity contribution in [1.82, 2.24) is 9.97 Å². The minimum absolute atomic E-state index is 0.283. The van der Waals surface area contributed by atoms with E-state index < -0.39 is 0 Å². The number of hydrogen-bond acceptors (Lipinski definition) is 4. The van der Waals surface area contributed by atoms with Gasteiger partial charge in [-0.25, -0.2) is 9.97 Å². The van der Waals surface area contributed by atoms with Gasteiger partial charge in [0, 0.05) is 18.0 Å². The zero-order valence-corrected chi connectivity index (χ0v) is 10.7. The van der Waals surface area contributed by atoms with E-state index in [1.165, 1.54) is 0 Å². The fourth-order valence-electron chi connectivity index (χ4n) is 1.53. The minimum Gasteiger partial charge on any atom is -0.493 e. The smallest absolute Gasteiger partial charge is 0.166 e. The normalized spacial score (nSPS) is 10.1. The van der Waals surface area contributed by atoms with E-state index in [1.807, 2.05) is 18.2 Å². The number of ether oxygens (including phenoxy) is 2. The molecule has 18 heavy (non-hydrogen) atoms. The van der Waals surface area contributed by atoms with Crippen molar-refractivity contribution < 1.29 is 9.47 Å². The van der Waals surface area contributed by atoms with Gasteiger partial charge < -0.3 is 9.47 Å². The van der Waals surface area contributed by atoms with Gasteiger partial charge >= 0.3 is 0 Å². The molecule has 0 bridgehead atoms. The molecule has 2 aromatic rings. The Morgan fingerprint density at radius 2 is 1.94 bits per heavy atom. The average molecular weight is 265 g/mol. The van der Waals surface area contributed by atoms with Crippen LogP contribution in [0.2, 0.25) is 0 Å². The van der Waals surface area contributed by atoms with Crippen LogP contribution < -0.4 is 9.47 Å². The van der Waals surface area contributed by atoms with Crippen molar-refractivity contribution in [2.75, 3.05) is 7.11 Å². The van der Waals surface area contributed by atoms with Crippen LogP contribution in [0.5, 0.6) is 11.5 Å². The first-order chi connectivity index (χ1) is 8.85. The van der Waals surface area contributed by atoms with Crippen molar-refractivity contribution in [1.29, 1.82) is 0 Å². The third-order valence-corrected chi connectivity index (χ3v) is 2.68. The monoisotopic (exact) mass is 264 g/mol. The highest BCUT2D eigenvalue weighted by molar-refractivity contribution is 6.17. The summed E-state index contributed by atoms with van der Waals surface area (Å²) in [5, 5.41) is 0. The van der Waals surface area contributed by atoms with Crippen molar-refractivity contribution in [2.45, 2.75) is 12.5 Å². The summed E-state index contributed by atoms with van der Waals surface area (Å²) in [7, 11) is 1.60. The molecule has 0 aliphatic heterocycles. The zero-order valence-electron chi connectivity index (χ0n) is 9.97. The Balaban J connectivity index is 2.17. The molecule has 0 spiro atoms. The Kier molecular flexibility index (Phi) is 4.36. The van der Waals surface area contributed by atoms with Crippen molar-refractivity contribution in [2.24, 2.45) is 0 Å². The van der Waals surface area contributed by atoms with Crippen LogP contribution >= 0.6 is 11.6 Å². The van der Waals surface area contributed by atoms with E-state index in [0.29, 0.717) is 23.2 Å². The van der Waals surface area contributed by atoms with Crippen molar-refractivity contribution in [3.63, 3.8) is 0 Å². The predicted molar refractivity (Wildman–Crippen MR) is 68.9 cm³/mol. The van der Waals surface area contributed by atoms with Gasteiger partial charge in [0.2, 0.25) is 0 Å². The van der Waals surface area contributed by atoms with Crippen molar-refractivity contribution >= 4 is 11.6 Å². The van der Waals surface area contributed by atoms with E-state index in [4.69, 9.17) is 21.1 Å². The molecule has 1 aromatic carbocycles. The van der Waals surface area contributed by atoms with Gasteiger partial charge in [0.15, 0.2) is 17.3 Å². The molecular weight excluding hydrogens is 252 g/mol. The quantitative estimate of drug-likeness (QED) is 0.779. The van der Waals surface area contributed by atoms with Gasteiger partial charge in [0.25, 0.3) is 0 Å². The highest BCUT2D eigenvalue weighted by Gasteiger charge is 2.10. The van der Waals surface area contributed by atoms with Crippen LogP contribution in [0.3, 0.4) is 0 Å². The molecule has 0 saturated carbocycles. The summed E-state index contributed by atoms with van der Waals surface area (Å²) in [5.41, 5.74) is 0.881. The Labute approximate surface area is 111 Å². The number of aromatic nitrogens is 2. The molecule has 0 radical (unpaired) electrons. The molecule has 1 heterocycles. The van der Waals surface area contributed by atoms with Gasteiger partial charge in [0.05, 0.1) is 13.0 Å². The molecule has 1 aromatic heterocycles. The molecule has 0 aliphatic rings. The van der Waals surface area contributed by atoms with E-state index in [0.717, 1.165) is 5.56 Å². The van der Waals surface area contributed by atoms with Crippen LogP contribution in [0.25, 0.3) is 0 Å². The predicted octanol–water partition coefficient (Wildman–Crippen LogP) is 2.80. The lowest BCUT2D eigenvalue weighted by Gasteiger charge is -2.13. The second-order valence-corrected chi connectivity index (χ2v) is 3.80. The van der Waals surface area contributed by atoms with Gasteiger partial charge in [-0.1, -0.05) is 12.1 Å². The van der Waals surface area contributed by atoms with Crippen LogP contribution in [-0.2, 0) is 12.5 Å². The lowest BCUT2D eigenvalue weighted by atomic mass is 10.2. The fraction of sp³-hybridized carbons (Fsp3) is 0.231. The first kappa shape index (κ1) is 12.6. The van der Waals surface area contributed by atoms with Crippen LogP contribution in [0.15, 0.2) is 36.7 Å². The summed E-state index contributed by atoms with van der Waals surface area (Å²) >= 11 is 5.88. The Morgan fingerprint density at radius 1 is 1.17 bits per heavy atom. The van der Waals surface area contributed by atoms with E-state index in [2.05, 4.69) is 9.97 Å². The third kappa shape index (κ3) is 2.90. The van der Waals surface area contributed by atoms with Gasteiger partial charge in [-0.05, 0) is 12.1 Å². The lowest BCUT2D eigenvalue weighted by Crippen LogP contribution is -2.03. The summed E-state index contributed by atoms with van der Waals surface area (Å²) in [6.07, 6.45) is 3.35. The Morgan fingerprint density at radius 3 is 2.61 bits per heavy atom. The fourth-order valence-corrected chi connectivity index (χ4v) is 1.74. The number of nitrogens with zero attached hydrogens (tertiary/aromatic N) is 2. The molecule has 0 N–H and O–H groups in total. The number of benzene rings is 1. The number of alkyl halides is 1. The molecule has 4 nitrogen and oxygen atoms in total. The highest BCUT2D eigenvalue weighted by atomic mass is 35.5. The van der Waals surface area contributed by atoms with Gasteiger partial charge in [-0.3, -0.25) is 0 Å². The SMILES string of the molecule is COc1cccc(CCl)c1OCc1ncccn1. The topological polar surface area (TPSA) is 44.2 Å². The van der Waals surface area contributed by atoms with Crippen LogP contribution in [0, 0.1) is 0 Å². The van der Waals surface area contributed by atoms with Gasteiger partial charge in [0.1, 0.15) is 6.61 Å². The maximum absolute atomic E-state index is 5.88. The first-order valence-corrected chi connectivity index (χ1v) is 5.99. The molecule has 0 aliphatic carbocycles. The summed E-state index contributed by atoms with van der Waals surface area (Å²) in [5.74, 6) is 2.28. The highest BCUT2D eigenvalue weighted by Crippen LogP contribution is 2.32. The van der Waals surface area contributed by atoms with Gasteiger partial charge in [-0.15, -0.1) is 11.6 Å². The number of rotatable bonds is 5. The number of halogens is 1. The largest absolute Gasteiger partial charge is 0.493 e. The minimum atomic E-state index is 0.283. The van der Waals surface area contributed by atoms with E-state index in [9.17, 15) is 0 Å². The van der Waals surface area contributed by atoms with Crippen molar-refractivity contribution in [3.8, 4) is 11.5 Å². The summed E-state index contributed by atoms with van der Waals surface area (Å²) in [6.45, 7) is 0.283. The Bertz CT molecular complexity index is 483. The van der Waals surface area contributed by atoms with Crippen LogP contribution in [0.4, 0.5) is 0 Å². The second-order valence-electron chi connectivity index (χ2n) is 3.54. The molecule has 0 fully saturated rings. The molecule has 0 atom stereocenters. The van der Waals surface area contributed by atoms with Crippen LogP contribution in [0.1, 0.15) is 11.4 Å². The van der Waals surface area contributed by atoms with E-state index >= 15 is 0 Å². The molecule has 2 rings (SSSR count). The number of methoxy groups -OCH3 is 1. The molecule has 5 heteroatoms. The lowest BCUT2D eigenvalue weighted by molar-refractivity contribution is 0.274.